The predicted molar refractivity (Wildman–Crippen MR) is 201 cm³/mol. The molecule has 0 bridgehead atoms. The molecule has 5 aromatic rings. The first-order valence-electron chi connectivity index (χ1n) is 17.5. The fraction of sp³-hybridized carbons (Fsp3) is 0.318. The summed E-state index contributed by atoms with van der Waals surface area (Å²) in [6.07, 6.45) is 4.42. The van der Waals surface area contributed by atoms with Gasteiger partial charge in [-0.05, 0) is 79.3 Å². The fourth-order valence-corrected chi connectivity index (χ4v) is 7.51. The molecular weight excluding hydrogens is 640 g/mol. The van der Waals surface area contributed by atoms with Gasteiger partial charge in [0.1, 0.15) is 22.8 Å². The van der Waals surface area contributed by atoms with Crippen LogP contribution in [0.15, 0.2) is 91.0 Å². The largest absolute Gasteiger partial charge is 0.497 e. The molecule has 0 amide bonds. The fourth-order valence-electron chi connectivity index (χ4n) is 7.51. The summed E-state index contributed by atoms with van der Waals surface area (Å²) in [6, 6.07) is 29.6. The molecule has 0 saturated carbocycles. The second-order valence-corrected chi connectivity index (χ2v) is 13.3. The Balaban J connectivity index is 1.36. The van der Waals surface area contributed by atoms with E-state index in [2.05, 4.69) is 93.6 Å². The van der Waals surface area contributed by atoms with Crippen LogP contribution in [0.2, 0.25) is 0 Å². The van der Waals surface area contributed by atoms with E-state index in [-0.39, 0.29) is 0 Å². The summed E-state index contributed by atoms with van der Waals surface area (Å²) in [5, 5.41) is 2.19. The van der Waals surface area contributed by atoms with Crippen LogP contribution < -0.4 is 14.2 Å². The zero-order valence-corrected chi connectivity index (χ0v) is 30.3. The molecule has 1 aliphatic carbocycles. The van der Waals surface area contributed by atoms with Gasteiger partial charge in [-0.2, -0.15) is 0 Å². The van der Waals surface area contributed by atoms with Crippen LogP contribution in [0.4, 0.5) is 0 Å². The predicted octanol–water partition coefficient (Wildman–Crippen LogP) is 8.76. The van der Waals surface area contributed by atoms with Crippen LogP contribution >= 0.6 is 0 Å². The number of benzene rings is 5. The maximum Gasteiger partial charge on any atom is 0.178 e. The zero-order chi connectivity index (χ0) is 35.6. The van der Waals surface area contributed by atoms with Crippen molar-refractivity contribution in [2.45, 2.75) is 32.0 Å². The normalized spacial score (nSPS) is 16.7. The van der Waals surface area contributed by atoms with Crippen LogP contribution in [0.5, 0.6) is 17.2 Å². The number of aryl methyl sites for hydroxylation is 2. The first kappa shape index (κ1) is 34.8. The van der Waals surface area contributed by atoms with Gasteiger partial charge in [0.2, 0.25) is 0 Å². The van der Waals surface area contributed by atoms with Gasteiger partial charge in [-0.1, -0.05) is 71.8 Å². The smallest absolute Gasteiger partial charge is 0.178 e. The highest BCUT2D eigenvalue weighted by Crippen LogP contribution is 2.58. The van der Waals surface area contributed by atoms with Crippen molar-refractivity contribution in [2.24, 2.45) is 0 Å². The van der Waals surface area contributed by atoms with Crippen molar-refractivity contribution in [2.75, 3.05) is 61.0 Å². The number of methoxy groups -OCH3 is 3. The zero-order valence-electron chi connectivity index (χ0n) is 30.3. The summed E-state index contributed by atoms with van der Waals surface area (Å²) in [4.78, 5) is 0. The Morgan fingerprint density at radius 3 is 1.84 bits per heavy atom. The first-order chi connectivity index (χ1) is 24.8. The Hall–Kier alpha value is -4.66. The van der Waals surface area contributed by atoms with Crippen molar-refractivity contribution < 1.29 is 33.2 Å². The average molecular weight is 687 g/mol. The summed E-state index contributed by atoms with van der Waals surface area (Å²) in [6.45, 7) is 9.42. The lowest BCUT2D eigenvalue weighted by molar-refractivity contribution is -0.0437. The average Bonchev–Trinajstić information content (AvgIpc) is 3.41. The van der Waals surface area contributed by atoms with Crippen LogP contribution in [-0.4, -0.2) is 61.0 Å². The first-order valence-corrected chi connectivity index (χ1v) is 17.5. The summed E-state index contributed by atoms with van der Waals surface area (Å²) >= 11 is 0. The number of hydrogen-bond acceptors (Lipinski definition) is 7. The second-order valence-electron chi connectivity index (χ2n) is 13.3. The van der Waals surface area contributed by atoms with E-state index in [0.717, 1.165) is 61.4 Å². The van der Waals surface area contributed by atoms with E-state index in [0.29, 0.717) is 39.6 Å². The Morgan fingerprint density at radius 2 is 1.22 bits per heavy atom. The van der Waals surface area contributed by atoms with Gasteiger partial charge < -0.3 is 33.2 Å². The van der Waals surface area contributed by atoms with Gasteiger partial charge in [0.15, 0.2) is 5.60 Å². The van der Waals surface area contributed by atoms with E-state index in [9.17, 15) is 0 Å². The van der Waals surface area contributed by atoms with Gasteiger partial charge >= 0.3 is 0 Å². The van der Waals surface area contributed by atoms with E-state index in [4.69, 9.17) is 33.2 Å². The molecule has 1 heterocycles. The maximum atomic E-state index is 7.47. The molecular formula is C44H46O7. The molecule has 1 atom stereocenters. The molecule has 0 N–H and O–H groups in total. The Bertz CT molecular complexity index is 2000. The highest BCUT2D eigenvalue weighted by molar-refractivity contribution is 6.08. The van der Waals surface area contributed by atoms with Crippen LogP contribution in [0.3, 0.4) is 0 Å². The lowest BCUT2D eigenvalue weighted by Crippen LogP contribution is -2.35. The van der Waals surface area contributed by atoms with Crippen LogP contribution in [0.1, 0.15) is 45.9 Å². The summed E-state index contributed by atoms with van der Waals surface area (Å²) in [7, 11) is 5.03. The van der Waals surface area contributed by atoms with E-state index in [1.54, 1.807) is 21.3 Å². The van der Waals surface area contributed by atoms with Gasteiger partial charge in [0, 0.05) is 34.7 Å². The molecule has 1 unspecified atom stereocenters. The van der Waals surface area contributed by atoms with Crippen molar-refractivity contribution in [3.05, 3.63) is 130 Å². The molecule has 0 fully saturated rings. The summed E-state index contributed by atoms with van der Waals surface area (Å²) < 4.78 is 42.0. The Kier molecular flexibility index (Phi) is 9.90. The monoisotopic (exact) mass is 686 g/mol. The molecule has 5 aromatic carbocycles. The standard InChI is InChI=1S/C44H46O7/c1-29-7-17-35-38(27-29)42-37(19-20-44(51-42,31-9-13-33(46-5)14-10-31)32-11-15-34(47-6)16-12-32)41-40(35)36-18-8-30(2)28-39(36)43(41,3)50-26-25-49-24-23-48-22-21-45-4/h7-20,27-28H,21-26H2,1-6H3. The molecule has 264 valence electrons. The van der Waals surface area contributed by atoms with Crippen LogP contribution in [-0.2, 0) is 30.1 Å². The lowest BCUT2D eigenvalue weighted by atomic mass is 9.80. The third kappa shape index (κ3) is 6.29. The minimum atomic E-state index is -0.922. The minimum Gasteiger partial charge on any atom is -0.497 e. The SMILES string of the molecule is COCCOCCOCCOC1(C)c2cc(C)ccc2-c2c1c1c(c3cc(C)ccc23)OC(c2ccc(OC)cc2)(c2ccc(OC)cc2)C=C1. The molecule has 1 aliphatic heterocycles. The summed E-state index contributed by atoms with van der Waals surface area (Å²) in [5.41, 5.74) is 8.26. The second kappa shape index (κ2) is 14.5. The van der Waals surface area contributed by atoms with E-state index >= 15 is 0 Å². The van der Waals surface area contributed by atoms with Gasteiger partial charge in [-0.25, -0.2) is 0 Å². The van der Waals surface area contributed by atoms with E-state index in [1.807, 2.05) is 24.3 Å². The van der Waals surface area contributed by atoms with Gasteiger partial charge in [0.25, 0.3) is 0 Å². The van der Waals surface area contributed by atoms with E-state index < -0.39 is 11.2 Å². The third-order valence-electron chi connectivity index (χ3n) is 10.1. The van der Waals surface area contributed by atoms with Crippen LogP contribution in [0.25, 0.3) is 28.0 Å². The molecule has 0 radical (unpaired) electrons. The molecule has 7 nitrogen and oxygen atoms in total. The molecule has 51 heavy (non-hydrogen) atoms. The van der Waals surface area contributed by atoms with Crippen molar-refractivity contribution in [1.82, 2.24) is 0 Å². The van der Waals surface area contributed by atoms with Gasteiger partial charge in [-0.15, -0.1) is 0 Å². The highest BCUT2D eigenvalue weighted by atomic mass is 16.6. The molecule has 0 saturated heterocycles. The number of fused-ring (bicyclic) bond motifs is 8. The summed E-state index contributed by atoms with van der Waals surface area (Å²) in [5.74, 6) is 2.39. The van der Waals surface area contributed by atoms with Crippen molar-refractivity contribution in [1.29, 1.82) is 0 Å². The third-order valence-corrected chi connectivity index (χ3v) is 10.1. The molecule has 0 spiro atoms. The van der Waals surface area contributed by atoms with Crippen molar-refractivity contribution in [3.8, 4) is 28.4 Å². The number of hydrogen-bond donors (Lipinski definition) is 0. The van der Waals surface area contributed by atoms with Crippen LogP contribution in [0, 0.1) is 13.8 Å². The number of rotatable bonds is 14. The lowest BCUT2D eigenvalue weighted by Gasteiger charge is -2.39. The van der Waals surface area contributed by atoms with Gasteiger partial charge in [0.05, 0.1) is 53.9 Å². The molecule has 7 rings (SSSR count). The minimum absolute atomic E-state index is 0.411. The van der Waals surface area contributed by atoms with E-state index in [1.165, 1.54) is 16.7 Å². The molecule has 0 aromatic heterocycles. The van der Waals surface area contributed by atoms with Gasteiger partial charge in [-0.3, -0.25) is 0 Å². The molecule has 2 aliphatic rings. The highest BCUT2D eigenvalue weighted by Gasteiger charge is 2.47. The Morgan fingerprint density at radius 1 is 0.627 bits per heavy atom. The quantitative estimate of drug-likeness (QED) is 0.108. The molecule has 7 heteroatoms. The Labute approximate surface area is 300 Å². The topological polar surface area (TPSA) is 64.6 Å². The number of ether oxygens (including phenoxy) is 7. The maximum absolute atomic E-state index is 7.47. The van der Waals surface area contributed by atoms with Crippen molar-refractivity contribution in [3.63, 3.8) is 0 Å². The van der Waals surface area contributed by atoms with Crippen molar-refractivity contribution >= 4 is 16.8 Å².